The van der Waals surface area contributed by atoms with Crippen LogP contribution in [0.4, 0.5) is 0 Å². The quantitative estimate of drug-likeness (QED) is 0.0500. The number of ether oxygens (including phenoxy) is 1. The van der Waals surface area contributed by atoms with Gasteiger partial charge in [0.25, 0.3) is 0 Å². The predicted molar refractivity (Wildman–Crippen MR) is 227 cm³/mol. The van der Waals surface area contributed by atoms with Crippen LogP contribution < -0.4 is 0 Å². The predicted octanol–water partition coefficient (Wildman–Crippen LogP) is 16.8. The summed E-state index contributed by atoms with van der Waals surface area (Å²) in [4.78, 5) is 23.2. The van der Waals surface area contributed by atoms with Crippen LogP contribution in [0.3, 0.4) is 0 Å². The summed E-state index contributed by atoms with van der Waals surface area (Å²) in [6, 6.07) is 0. The molecule has 0 amide bonds. The Morgan fingerprint density at radius 3 is 0.865 bits per heavy atom. The number of hydrogen-bond donors (Lipinski definition) is 1. The summed E-state index contributed by atoms with van der Waals surface area (Å²) in [6.07, 6.45) is 54.7. The minimum Gasteiger partial charge on any atom is -0.481 e. The highest BCUT2D eigenvalue weighted by Gasteiger charge is 2.14. The van der Waals surface area contributed by atoms with E-state index < -0.39 is 5.97 Å². The van der Waals surface area contributed by atoms with Crippen LogP contribution in [-0.2, 0) is 14.3 Å². The standard InChI is InChI=1S/C48H94O4/c1-3-5-7-9-10-11-12-13-14-15-16-17-18-19-20-25-28-31-34-37-41-45-48(51)52-46(42-38-8-6-4-2)43-39-35-32-29-26-23-21-22-24-27-30-33-36-40-44-47(49)50/h46H,3-45H2,1-2H3,(H,49,50). The Balaban J connectivity index is 3.66. The number of carbonyl (C=O) groups excluding carboxylic acids is 1. The summed E-state index contributed by atoms with van der Waals surface area (Å²) in [5, 5.41) is 8.69. The molecule has 0 radical (unpaired) electrons. The Kier molecular flexibility index (Phi) is 43.4. The third kappa shape index (κ3) is 43.3. The van der Waals surface area contributed by atoms with Gasteiger partial charge >= 0.3 is 11.9 Å². The lowest BCUT2D eigenvalue weighted by Crippen LogP contribution is -2.18. The molecule has 0 aromatic carbocycles. The number of rotatable bonds is 45. The zero-order valence-electron chi connectivity index (χ0n) is 35.7. The van der Waals surface area contributed by atoms with Gasteiger partial charge in [-0.1, -0.05) is 239 Å². The fraction of sp³-hybridized carbons (Fsp3) is 0.958. The van der Waals surface area contributed by atoms with Gasteiger partial charge in [-0.3, -0.25) is 9.59 Å². The maximum atomic E-state index is 12.7. The van der Waals surface area contributed by atoms with Gasteiger partial charge in [0.15, 0.2) is 0 Å². The molecule has 0 saturated carbocycles. The first kappa shape index (κ1) is 50.9. The molecule has 0 fully saturated rings. The van der Waals surface area contributed by atoms with E-state index in [0.717, 1.165) is 32.1 Å². The van der Waals surface area contributed by atoms with E-state index in [1.54, 1.807) is 0 Å². The van der Waals surface area contributed by atoms with E-state index >= 15 is 0 Å². The number of carboxylic acids is 1. The normalized spacial score (nSPS) is 12.0. The van der Waals surface area contributed by atoms with Gasteiger partial charge in [-0.25, -0.2) is 0 Å². The third-order valence-electron chi connectivity index (χ3n) is 11.3. The van der Waals surface area contributed by atoms with Crippen LogP contribution in [-0.4, -0.2) is 23.1 Å². The molecular weight excluding hydrogens is 641 g/mol. The van der Waals surface area contributed by atoms with E-state index in [0.29, 0.717) is 12.8 Å². The summed E-state index contributed by atoms with van der Waals surface area (Å²) in [5.74, 6) is -0.611. The molecule has 0 rings (SSSR count). The maximum Gasteiger partial charge on any atom is 0.306 e. The van der Waals surface area contributed by atoms with Crippen LogP contribution in [0.5, 0.6) is 0 Å². The molecule has 310 valence electrons. The molecule has 0 aliphatic heterocycles. The van der Waals surface area contributed by atoms with Crippen molar-refractivity contribution >= 4 is 11.9 Å². The van der Waals surface area contributed by atoms with Gasteiger partial charge in [-0.2, -0.15) is 0 Å². The average molecular weight is 735 g/mol. The molecule has 0 heterocycles. The second-order valence-corrected chi connectivity index (χ2v) is 16.7. The summed E-state index contributed by atoms with van der Waals surface area (Å²) in [7, 11) is 0. The van der Waals surface area contributed by atoms with Crippen LogP contribution in [0.25, 0.3) is 0 Å². The van der Waals surface area contributed by atoms with Crippen molar-refractivity contribution in [3.8, 4) is 0 Å². The smallest absolute Gasteiger partial charge is 0.306 e. The monoisotopic (exact) mass is 735 g/mol. The lowest BCUT2D eigenvalue weighted by molar-refractivity contribution is -0.150. The van der Waals surface area contributed by atoms with Gasteiger partial charge in [0.2, 0.25) is 0 Å². The highest BCUT2D eigenvalue weighted by molar-refractivity contribution is 5.69. The Morgan fingerprint density at radius 1 is 0.346 bits per heavy atom. The summed E-state index contributed by atoms with van der Waals surface area (Å²) in [5.41, 5.74) is 0. The molecule has 4 nitrogen and oxygen atoms in total. The highest BCUT2D eigenvalue weighted by Crippen LogP contribution is 2.20. The molecule has 1 unspecified atom stereocenters. The van der Waals surface area contributed by atoms with Crippen LogP contribution in [0.15, 0.2) is 0 Å². The lowest BCUT2D eigenvalue weighted by atomic mass is 10.0. The maximum absolute atomic E-state index is 12.7. The molecule has 0 aromatic heterocycles. The lowest BCUT2D eigenvalue weighted by Gasteiger charge is -2.18. The number of carboxylic acid groups (broad SMARTS) is 1. The molecule has 0 bridgehead atoms. The van der Waals surface area contributed by atoms with Gasteiger partial charge in [-0.05, 0) is 38.5 Å². The van der Waals surface area contributed by atoms with Crippen LogP contribution >= 0.6 is 0 Å². The SMILES string of the molecule is CCCCCCCCCCCCCCCCCCCCCCCC(=O)OC(CCCCCC)CCCCCCCCCCCCCCCCC(=O)O. The van der Waals surface area contributed by atoms with Crippen molar-refractivity contribution in [2.75, 3.05) is 0 Å². The van der Waals surface area contributed by atoms with E-state index in [2.05, 4.69) is 13.8 Å². The molecule has 0 aliphatic rings. The molecule has 0 aromatic rings. The summed E-state index contributed by atoms with van der Waals surface area (Å²) >= 11 is 0. The van der Waals surface area contributed by atoms with Gasteiger partial charge in [0.1, 0.15) is 6.10 Å². The fourth-order valence-electron chi connectivity index (χ4n) is 7.78. The molecule has 1 atom stereocenters. The van der Waals surface area contributed by atoms with Crippen LogP contribution in [0, 0.1) is 0 Å². The number of hydrogen-bond acceptors (Lipinski definition) is 3. The number of carbonyl (C=O) groups is 2. The molecule has 0 spiro atoms. The minimum absolute atomic E-state index is 0.0523. The van der Waals surface area contributed by atoms with Crippen LogP contribution in [0.1, 0.15) is 290 Å². The Labute approximate surface area is 326 Å². The second-order valence-electron chi connectivity index (χ2n) is 16.7. The zero-order chi connectivity index (χ0) is 37.8. The van der Waals surface area contributed by atoms with Crippen molar-refractivity contribution in [3.05, 3.63) is 0 Å². The largest absolute Gasteiger partial charge is 0.481 e. The molecular formula is C48H94O4. The van der Waals surface area contributed by atoms with Crippen LogP contribution in [0.2, 0.25) is 0 Å². The molecule has 1 N–H and O–H groups in total. The van der Waals surface area contributed by atoms with E-state index in [-0.39, 0.29) is 12.1 Å². The number of aliphatic carboxylic acids is 1. The fourth-order valence-corrected chi connectivity index (χ4v) is 7.78. The first-order valence-corrected chi connectivity index (χ1v) is 24.0. The van der Waals surface area contributed by atoms with E-state index in [1.807, 2.05) is 0 Å². The first-order chi connectivity index (χ1) is 25.6. The van der Waals surface area contributed by atoms with Gasteiger partial charge in [0, 0.05) is 12.8 Å². The van der Waals surface area contributed by atoms with Crippen molar-refractivity contribution in [1.82, 2.24) is 0 Å². The summed E-state index contributed by atoms with van der Waals surface area (Å²) < 4.78 is 6.04. The van der Waals surface area contributed by atoms with E-state index in [9.17, 15) is 9.59 Å². The first-order valence-electron chi connectivity index (χ1n) is 24.0. The van der Waals surface area contributed by atoms with Gasteiger partial charge in [0.05, 0.1) is 0 Å². The van der Waals surface area contributed by atoms with E-state index in [4.69, 9.17) is 9.84 Å². The number of esters is 1. The molecule has 0 saturated heterocycles. The van der Waals surface area contributed by atoms with Crippen molar-refractivity contribution in [3.63, 3.8) is 0 Å². The Hall–Kier alpha value is -1.06. The average Bonchev–Trinajstić information content (AvgIpc) is 3.13. The van der Waals surface area contributed by atoms with Crippen molar-refractivity contribution in [2.24, 2.45) is 0 Å². The highest BCUT2D eigenvalue weighted by atomic mass is 16.5. The third-order valence-corrected chi connectivity index (χ3v) is 11.3. The molecule has 4 heteroatoms. The zero-order valence-corrected chi connectivity index (χ0v) is 35.7. The Morgan fingerprint density at radius 2 is 0.577 bits per heavy atom. The van der Waals surface area contributed by atoms with Crippen molar-refractivity contribution in [2.45, 2.75) is 296 Å². The van der Waals surface area contributed by atoms with Gasteiger partial charge < -0.3 is 9.84 Å². The van der Waals surface area contributed by atoms with E-state index in [1.165, 1.54) is 231 Å². The second kappa shape index (κ2) is 44.3. The minimum atomic E-state index is -0.663. The number of unbranched alkanes of at least 4 members (excludes halogenated alkanes) is 36. The van der Waals surface area contributed by atoms with Crippen molar-refractivity contribution in [1.29, 1.82) is 0 Å². The molecule has 52 heavy (non-hydrogen) atoms. The topological polar surface area (TPSA) is 63.6 Å². The Bertz CT molecular complexity index is 706. The van der Waals surface area contributed by atoms with Gasteiger partial charge in [-0.15, -0.1) is 0 Å². The summed E-state index contributed by atoms with van der Waals surface area (Å²) in [6.45, 7) is 4.56. The van der Waals surface area contributed by atoms with Crippen molar-refractivity contribution < 1.29 is 19.4 Å². The molecule has 0 aliphatic carbocycles.